The maximum atomic E-state index is 11.6. The van der Waals surface area contributed by atoms with Crippen LogP contribution in [0.5, 0.6) is 0 Å². The first kappa shape index (κ1) is 16.7. The van der Waals surface area contributed by atoms with Crippen LogP contribution in [0.25, 0.3) is 0 Å². The summed E-state index contributed by atoms with van der Waals surface area (Å²) in [4.78, 5) is 11.1. The number of carbonyl (C=O) groups excluding carboxylic acids is 1. The van der Waals surface area contributed by atoms with Crippen molar-refractivity contribution >= 4 is 32.2 Å². The molecule has 0 saturated heterocycles. The molecule has 0 aromatic rings. The average molecular weight is 331 g/mol. The molecule has 0 fully saturated rings. The van der Waals surface area contributed by atoms with E-state index in [9.17, 15) is 13.2 Å². The van der Waals surface area contributed by atoms with Crippen molar-refractivity contribution in [1.29, 1.82) is 0 Å². The normalized spacial score (nSPS) is 14.5. The zero-order valence-electron chi connectivity index (χ0n) is 10.6. The molecule has 1 amide bonds. The van der Waals surface area contributed by atoms with Crippen LogP contribution in [0.4, 0.5) is 4.79 Å². The largest absolute Gasteiger partial charge is 0.446 e. The number of halogens is 1. The van der Waals surface area contributed by atoms with Crippen molar-refractivity contribution in [2.75, 3.05) is 0 Å². The fourth-order valence-corrected chi connectivity index (χ4v) is 2.25. The third-order valence-electron chi connectivity index (χ3n) is 1.95. The van der Waals surface area contributed by atoms with Crippen LogP contribution >= 0.6 is 15.9 Å². The topological polar surface area (TPSA) is 84.5 Å². The summed E-state index contributed by atoms with van der Waals surface area (Å²) < 4.78 is 32.0. The Kier molecular flexibility index (Phi) is 5.89. The first-order valence-corrected chi connectivity index (χ1v) is 7.52. The van der Waals surface area contributed by atoms with Crippen molar-refractivity contribution in [3.05, 3.63) is 0 Å². The summed E-state index contributed by atoms with van der Waals surface area (Å²) in [6.45, 7) is 8.45. The lowest BCUT2D eigenvalue weighted by atomic mass is 10.0. The average Bonchev–Trinajstić information content (AvgIpc) is 1.96. The first-order valence-electron chi connectivity index (χ1n) is 5.12. The maximum absolute atomic E-state index is 11.6. The van der Waals surface area contributed by atoms with Crippen LogP contribution < -0.4 is 9.44 Å². The van der Waals surface area contributed by atoms with Gasteiger partial charge in [-0.15, -0.1) is 0 Å². The summed E-state index contributed by atoms with van der Waals surface area (Å²) in [5.41, 5.74) is -0.732. The molecule has 0 aliphatic carbocycles. The van der Waals surface area contributed by atoms with Crippen LogP contribution in [0.3, 0.4) is 0 Å². The molecule has 1 atom stereocenters. The SMILES string of the molecule is CC(C)OC(=O)NS(=O)(=O)NC(C)(C)C(C)Br. The van der Waals surface area contributed by atoms with E-state index in [1.165, 1.54) is 0 Å². The van der Waals surface area contributed by atoms with Crippen LogP contribution in [0, 0.1) is 0 Å². The van der Waals surface area contributed by atoms with E-state index in [-0.39, 0.29) is 10.9 Å². The van der Waals surface area contributed by atoms with Gasteiger partial charge in [-0.1, -0.05) is 22.9 Å². The van der Waals surface area contributed by atoms with Gasteiger partial charge in [-0.3, -0.25) is 0 Å². The molecule has 0 spiro atoms. The molecule has 0 bridgehead atoms. The Morgan fingerprint density at radius 1 is 1.29 bits per heavy atom. The predicted molar refractivity (Wildman–Crippen MR) is 69.3 cm³/mol. The van der Waals surface area contributed by atoms with Crippen LogP contribution in [-0.2, 0) is 14.9 Å². The Hall–Kier alpha value is -0.340. The number of nitrogens with one attached hydrogen (secondary N) is 2. The summed E-state index contributed by atoms with van der Waals surface area (Å²) in [5, 5.41) is 0. The van der Waals surface area contributed by atoms with E-state index in [0.29, 0.717) is 0 Å². The highest BCUT2D eigenvalue weighted by molar-refractivity contribution is 9.09. The molecule has 0 radical (unpaired) electrons. The monoisotopic (exact) mass is 330 g/mol. The van der Waals surface area contributed by atoms with Crippen LogP contribution in [0.15, 0.2) is 0 Å². The van der Waals surface area contributed by atoms with Gasteiger partial charge in [0.15, 0.2) is 0 Å². The van der Waals surface area contributed by atoms with Gasteiger partial charge in [-0.25, -0.2) is 9.52 Å². The molecule has 0 rings (SSSR count). The standard InChI is InChI=1S/C9H19BrN2O4S/c1-6(2)16-8(13)11-17(14,15)12-9(4,5)7(3)10/h6-7,12H,1-5H3,(H,11,13). The molecule has 6 nitrogen and oxygen atoms in total. The summed E-state index contributed by atoms with van der Waals surface area (Å²) in [6, 6.07) is 0. The number of hydrogen-bond donors (Lipinski definition) is 2. The Morgan fingerprint density at radius 3 is 2.12 bits per heavy atom. The van der Waals surface area contributed by atoms with Gasteiger partial charge in [0.25, 0.3) is 0 Å². The van der Waals surface area contributed by atoms with Gasteiger partial charge < -0.3 is 4.74 Å². The molecule has 0 aromatic carbocycles. The minimum Gasteiger partial charge on any atom is -0.446 e. The lowest BCUT2D eigenvalue weighted by Crippen LogP contribution is -2.53. The second-order valence-electron chi connectivity index (χ2n) is 4.50. The Morgan fingerprint density at radius 2 is 1.76 bits per heavy atom. The van der Waals surface area contributed by atoms with E-state index >= 15 is 0 Å². The first-order chi connectivity index (χ1) is 7.46. The molecule has 0 aromatic heterocycles. The molecular weight excluding hydrogens is 312 g/mol. The van der Waals surface area contributed by atoms with E-state index in [0.717, 1.165) is 0 Å². The van der Waals surface area contributed by atoms with Crippen molar-refractivity contribution in [3.63, 3.8) is 0 Å². The fraction of sp³-hybridized carbons (Fsp3) is 0.889. The van der Waals surface area contributed by atoms with E-state index in [1.807, 2.05) is 0 Å². The van der Waals surface area contributed by atoms with Gasteiger partial charge in [0.1, 0.15) is 0 Å². The van der Waals surface area contributed by atoms with Crippen LogP contribution in [0.2, 0.25) is 0 Å². The lowest BCUT2D eigenvalue weighted by Gasteiger charge is -2.28. The third-order valence-corrected chi connectivity index (χ3v) is 4.33. The van der Waals surface area contributed by atoms with Crippen molar-refractivity contribution in [3.8, 4) is 0 Å². The minimum atomic E-state index is -3.93. The van der Waals surface area contributed by atoms with Crippen molar-refractivity contribution in [1.82, 2.24) is 9.44 Å². The van der Waals surface area contributed by atoms with E-state index in [4.69, 9.17) is 0 Å². The van der Waals surface area contributed by atoms with Gasteiger partial charge in [-0.05, 0) is 27.7 Å². The van der Waals surface area contributed by atoms with Crippen LogP contribution in [0.1, 0.15) is 34.6 Å². The maximum Gasteiger partial charge on any atom is 0.422 e. The minimum absolute atomic E-state index is 0.104. The summed E-state index contributed by atoms with van der Waals surface area (Å²) in [7, 11) is -3.93. The predicted octanol–water partition coefficient (Wildman–Crippen LogP) is 1.52. The van der Waals surface area contributed by atoms with Gasteiger partial charge in [0.2, 0.25) is 0 Å². The molecule has 17 heavy (non-hydrogen) atoms. The number of alkyl halides is 1. The molecule has 8 heteroatoms. The second kappa shape index (κ2) is 6.01. The fourth-order valence-electron chi connectivity index (χ4n) is 0.801. The molecule has 0 heterocycles. The Bertz CT molecular complexity index is 365. The number of carbonyl (C=O) groups is 1. The van der Waals surface area contributed by atoms with E-state index in [1.54, 1.807) is 39.3 Å². The molecular formula is C9H19BrN2O4S. The second-order valence-corrected chi connectivity index (χ2v) is 7.29. The molecule has 0 aliphatic rings. The highest BCUT2D eigenvalue weighted by atomic mass is 79.9. The Labute approximate surface area is 111 Å². The highest BCUT2D eigenvalue weighted by Gasteiger charge is 2.30. The third kappa shape index (κ3) is 6.85. The zero-order valence-corrected chi connectivity index (χ0v) is 13.0. The van der Waals surface area contributed by atoms with Gasteiger partial charge in [0.05, 0.1) is 6.10 Å². The molecule has 0 aliphatic heterocycles. The zero-order chi connectivity index (χ0) is 13.9. The van der Waals surface area contributed by atoms with Gasteiger partial charge in [-0.2, -0.15) is 13.1 Å². The van der Waals surface area contributed by atoms with Crippen molar-refractivity contribution < 1.29 is 17.9 Å². The molecule has 2 N–H and O–H groups in total. The Balaban J connectivity index is 4.56. The number of hydrogen-bond acceptors (Lipinski definition) is 4. The summed E-state index contributed by atoms with van der Waals surface area (Å²) >= 11 is 3.28. The number of ether oxygens (including phenoxy) is 1. The smallest absolute Gasteiger partial charge is 0.422 e. The van der Waals surface area contributed by atoms with Crippen molar-refractivity contribution in [2.45, 2.75) is 51.1 Å². The van der Waals surface area contributed by atoms with Gasteiger partial charge >= 0.3 is 16.3 Å². The number of amides is 1. The molecule has 1 unspecified atom stereocenters. The summed E-state index contributed by atoms with van der Waals surface area (Å²) in [5.74, 6) is 0. The van der Waals surface area contributed by atoms with Gasteiger partial charge in [0, 0.05) is 10.4 Å². The lowest BCUT2D eigenvalue weighted by molar-refractivity contribution is 0.121. The van der Waals surface area contributed by atoms with Crippen molar-refractivity contribution in [2.24, 2.45) is 0 Å². The van der Waals surface area contributed by atoms with Crippen LogP contribution in [-0.4, -0.2) is 31.0 Å². The summed E-state index contributed by atoms with van der Waals surface area (Å²) in [6.07, 6.45) is -1.38. The van der Waals surface area contributed by atoms with E-state index in [2.05, 4.69) is 25.4 Å². The highest BCUT2D eigenvalue weighted by Crippen LogP contribution is 2.17. The van der Waals surface area contributed by atoms with E-state index < -0.39 is 21.8 Å². The number of rotatable bonds is 5. The molecule has 0 saturated carbocycles. The molecule has 102 valence electrons. The quantitative estimate of drug-likeness (QED) is 0.748.